The second-order valence-corrected chi connectivity index (χ2v) is 4.89. The summed E-state index contributed by atoms with van der Waals surface area (Å²) >= 11 is 0. The maximum atomic E-state index is 14.2. The van der Waals surface area contributed by atoms with E-state index < -0.39 is 64.0 Å². The van der Waals surface area contributed by atoms with Crippen molar-refractivity contribution in [3.05, 3.63) is 34.4 Å². The third kappa shape index (κ3) is 1.85. The number of alkyl halides is 10. The van der Waals surface area contributed by atoms with E-state index in [0.717, 1.165) is 0 Å². The van der Waals surface area contributed by atoms with Crippen LogP contribution in [-0.2, 0) is 11.6 Å². The number of fused-ring (bicyclic) bond motifs is 1. The molecule has 2 rings (SSSR count). The monoisotopic (exact) mass is 398 g/mol. The molecule has 142 valence electrons. The van der Waals surface area contributed by atoms with E-state index in [1.807, 2.05) is 0 Å². The molecule has 0 bridgehead atoms. The molecule has 0 saturated heterocycles. The van der Waals surface area contributed by atoms with Crippen LogP contribution in [-0.4, -0.2) is 18.0 Å². The summed E-state index contributed by atoms with van der Waals surface area (Å²) in [6.45, 7) is 0. The molecule has 25 heavy (non-hydrogen) atoms. The Balaban J connectivity index is 3.12. The molecule has 0 fully saturated rings. The molecule has 14 heteroatoms. The van der Waals surface area contributed by atoms with Gasteiger partial charge in [-0.15, -0.1) is 0 Å². The molecule has 1 aromatic carbocycles. The lowest BCUT2D eigenvalue weighted by Gasteiger charge is -2.36. The number of hydrogen-bond donors (Lipinski definition) is 0. The van der Waals surface area contributed by atoms with Crippen molar-refractivity contribution in [3.63, 3.8) is 0 Å². The van der Waals surface area contributed by atoms with E-state index in [1.165, 1.54) is 0 Å². The normalized spacial score (nSPS) is 25.2. The van der Waals surface area contributed by atoms with Crippen molar-refractivity contribution < 1.29 is 61.5 Å². The standard InChI is InChI=1S/C11F14/c12-3-1-2(4(13)6(15)5(3)14)8(17,18)9(19,20)7(1,16)10(21,22)11(23,24)25. The molecule has 0 N–H and O–H groups in total. The van der Waals surface area contributed by atoms with Crippen molar-refractivity contribution in [1.29, 1.82) is 0 Å². The van der Waals surface area contributed by atoms with Crippen LogP contribution in [0.2, 0.25) is 0 Å². The van der Waals surface area contributed by atoms with E-state index in [2.05, 4.69) is 0 Å². The Morgan fingerprint density at radius 2 is 0.920 bits per heavy atom. The zero-order valence-corrected chi connectivity index (χ0v) is 10.8. The van der Waals surface area contributed by atoms with Crippen LogP contribution in [0.3, 0.4) is 0 Å². The summed E-state index contributed by atoms with van der Waals surface area (Å²) < 4.78 is 184. The van der Waals surface area contributed by atoms with Crippen LogP contribution >= 0.6 is 0 Å². The molecule has 1 aliphatic rings. The van der Waals surface area contributed by atoms with Gasteiger partial charge in [0.15, 0.2) is 23.3 Å². The first-order valence-corrected chi connectivity index (χ1v) is 5.65. The van der Waals surface area contributed by atoms with Gasteiger partial charge in [0, 0.05) is 0 Å². The van der Waals surface area contributed by atoms with Crippen LogP contribution in [0.15, 0.2) is 0 Å². The maximum absolute atomic E-state index is 14.2. The van der Waals surface area contributed by atoms with Gasteiger partial charge in [0.25, 0.3) is 5.67 Å². The van der Waals surface area contributed by atoms with Crippen LogP contribution in [0, 0.1) is 23.3 Å². The predicted octanol–water partition coefficient (Wildman–Crippen LogP) is 5.35. The third-order valence-corrected chi connectivity index (χ3v) is 3.54. The Kier molecular flexibility index (Phi) is 3.67. The van der Waals surface area contributed by atoms with Crippen LogP contribution < -0.4 is 0 Å². The summed E-state index contributed by atoms with van der Waals surface area (Å²) in [4.78, 5) is 0. The summed E-state index contributed by atoms with van der Waals surface area (Å²) in [5, 5.41) is 0. The SMILES string of the molecule is Fc1c(F)c(F)c2c(c1F)C(F)(F)C(F)(F)C2(F)C(F)(F)C(F)(F)F. The molecule has 0 spiro atoms. The number of rotatable bonds is 1. The van der Waals surface area contributed by atoms with E-state index in [-0.39, 0.29) is 0 Å². The first-order valence-electron chi connectivity index (χ1n) is 5.65. The summed E-state index contributed by atoms with van der Waals surface area (Å²) in [5.41, 5.74) is -14.1. The van der Waals surface area contributed by atoms with E-state index in [1.54, 1.807) is 0 Å². The predicted molar refractivity (Wildman–Crippen MR) is 48.9 cm³/mol. The molecule has 1 aliphatic carbocycles. The number of halogens is 14. The van der Waals surface area contributed by atoms with Crippen molar-refractivity contribution in [2.45, 2.75) is 29.6 Å². The van der Waals surface area contributed by atoms with Gasteiger partial charge in [0.05, 0.1) is 11.1 Å². The highest BCUT2D eigenvalue weighted by atomic mass is 19.4. The smallest absolute Gasteiger partial charge is 0.224 e. The quantitative estimate of drug-likeness (QED) is 0.340. The van der Waals surface area contributed by atoms with Gasteiger partial charge in [-0.05, 0) is 0 Å². The topological polar surface area (TPSA) is 0 Å². The molecule has 0 aromatic heterocycles. The van der Waals surface area contributed by atoms with E-state index in [0.29, 0.717) is 0 Å². The van der Waals surface area contributed by atoms with Crippen LogP contribution in [0.4, 0.5) is 61.5 Å². The Morgan fingerprint density at radius 1 is 0.560 bits per heavy atom. The Labute approximate surface area is 127 Å². The molecule has 0 aliphatic heterocycles. The Hall–Kier alpha value is -1.76. The third-order valence-electron chi connectivity index (χ3n) is 3.54. The molecule has 0 saturated carbocycles. The van der Waals surface area contributed by atoms with Crippen molar-refractivity contribution in [3.8, 4) is 0 Å². The largest absolute Gasteiger partial charge is 0.457 e. The first-order chi connectivity index (χ1) is 10.9. The second-order valence-electron chi connectivity index (χ2n) is 4.89. The molecule has 1 atom stereocenters. The van der Waals surface area contributed by atoms with E-state index in [9.17, 15) is 61.5 Å². The van der Waals surface area contributed by atoms with Gasteiger partial charge in [-0.25, -0.2) is 22.0 Å². The zero-order chi connectivity index (χ0) is 20.0. The fraction of sp³-hybridized carbons (Fsp3) is 0.455. The molecular formula is C11F14. The average molecular weight is 398 g/mol. The molecule has 0 radical (unpaired) electrons. The summed E-state index contributed by atoms with van der Waals surface area (Å²) in [7, 11) is 0. The van der Waals surface area contributed by atoms with Crippen LogP contribution in [0.1, 0.15) is 11.1 Å². The van der Waals surface area contributed by atoms with Gasteiger partial charge in [-0.2, -0.15) is 39.5 Å². The van der Waals surface area contributed by atoms with Gasteiger partial charge in [-0.3, -0.25) is 0 Å². The lowest BCUT2D eigenvalue weighted by molar-refractivity contribution is -0.387. The van der Waals surface area contributed by atoms with Gasteiger partial charge in [-0.1, -0.05) is 0 Å². The lowest BCUT2D eigenvalue weighted by atomic mass is 9.87. The van der Waals surface area contributed by atoms with E-state index in [4.69, 9.17) is 0 Å². The Bertz CT molecular complexity index is 744. The molecule has 0 amide bonds. The average Bonchev–Trinajstić information content (AvgIpc) is 2.57. The van der Waals surface area contributed by atoms with Gasteiger partial charge < -0.3 is 0 Å². The van der Waals surface area contributed by atoms with E-state index >= 15 is 0 Å². The van der Waals surface area contributed by atoms with Crippen LogP contribution in [0.25, 0.3) is 0 Å². The van der Waals surface area contributed by atoms with Crippen molar-refractivity contribution in [2.75, 3.05) is 0 Å². The molecule has 1 unspecified atom stereocenters. The molecule has 0 nitrogen and oxygen atoms in total. The van der Waals surface area contributed by atoms with Crippen molar-refractivity contribution in [1.82, 2.24) is 0 Å². The minimum atomic E-state index is -7.43. The number of benzene rings is 1. The minimum Gasteiger partial charge on any atom is -0.224 e. The van der Waals surface area contributed by atoms with Gasteiger partial charge in [0.1, 0.15) is 0 Å². The highest BCUT2D eigenvalue weighted by Crippen LogP contribution is 2.70. The van der Waals surface area contributed by atoms with Gasteiger partial charge in [0.2, 0.25) is 0 Å². The van der Waals surface area contributed by atoms with Crippen molar-refractivity contribution >= 4 is 0 Å². The lowest BCUT2D eigenvalue weighted by Crippen LogP contribution is -2.62. The summed E-state index contributed by atoms with van der Waals surface area (Å²) in [6, 6.07) is 0. The molecular weight excluding hydrogens is 398 g/mol. The fourth-order valence-electron chi connectivity index (χ4n) is 2.33. The summed E-state index contributed by atoms with van der Waals surface area (Å²) in [6.07, 6.45) is -7.31. The highest BCUT2D eigenvalue weighted by Gasteiger charge is 2.91. The fourth-order valence-corrected chi connectivity index (χ4v) is 2.33. The molecule has 1 aromatic rings. The Morgan fingerprint density at radius 3 is 1.28 bits per heavy atom. The number of hydrogen-bond acceptors (Lipinski definition) is 0. The van der Waals surface area contributed by atoms with Gasteiger partial charge >= 0.3 is 23.9 Å². The van der Waals surface area contributed by atoms with Crippen molar-refractivity contribution in [2.24, 2.45) is 0 Å². The highest BCUT2D eigenvalue weighted by molar-refractivity contribution is 5.50. The minimum absolute atomic E-state index is 3.23. The maximum Gasteiger partial charge on any atom is 0.457 e. The molecule has 0 heterocycles. The second kappa shape index (κ2) is 4.69. The van der Waals surface area contributed by atoms with Crippen LogP contribution in [0.5, 0.6) is 0 Å². The first kappa shape index (κ1) is 19.6. The zero-order valence-electron chi connectivity index (χ0n) is 10.8. The summed E-state index contributed by atoms with van der Waals surface area (Å²) in [5.74, 6) is -34.7.